The molecule has 0 amide bonds. The minimum atomic E-state index is 0.293. The summed E-state index contributed by atoms with van der Waals surface area (Å²) in [5.74, 6) is 0.451. The number of nitrogens with zero attached hydrogens (tertiary/aromatic N) is 1. The molecule has 0 N–H and O–H groups in total. The highest BCUT2D eigenvalue weighted by atomic mass is 16.5. The third-order valence-electron chi connectivity index (χ3n) is 1.99. The molecule has 3 nitrogen and oxygen atoms in total. The molecule has 0 aliphatic heterocycles. The fourth-order valence-electron chi connectivity index (χ4n) is 1.27. The van der Waals surface area contributed by atoms with Crippen LogP contribution in [0.3, 0.4) is 0 Å². The first-order valence-electron chi connectivity index (χ1n) is 4.10. The molecular formula is C11H10NO2-. The number of benzene rings is 1. The lowest BCUT2D eigenvalue weighted by Gasteiger charge is -2.18. The number of methoxy groups -OCH3 is 1. The van der Waals surface area contributed by atoms with Gasteiger partial charge in [0.05, 0.1) is 13.2 Å². The second-order valence-electron chi connectivity index (χ2n) is 2.77. The Labute approximate surface area is 82.9 Å². The van der Waals surface area contributed by atoms with E-state index >= 15 is 0 Å². The van der Waals surface area contributed by atoms with Gasteiger partial charge in [0.25, 0.3) is 0 Å². The van der Waals surface area contributed by atoms with Gasteiger partial charge in [-0.3, -0.25) is 0 Å². The van der Waals surface area contributed by atoms with E-state index in [9.17, 15) is 4.79 Å². The van der Waals surface area contributed by atoms with E-state index in [1.807, 2.05) is 6.07 Å². The van der Waals surface area contributed by atoms with Crippen LogP contribution in [0.4, 0.5) is 0 Å². The lowest BCUT2D eigenvalue weighted by molar-refractivity contribution is -0.107. The molecular weight excluding hydrogens is 178 g/mol. The van der Waals surface area contributed by atoms with Crippen molar-refractivity contribution in [1.82, 2.24) is 0 Å². The maximum absolute atomic E-state index is 10.3. The summed E-state index contributed by atoms with van der Waals surface area (Å²) < 4.78 is 5.05. The molecule has 0 fully saturated rings. The van der Waals surface area contributed by atoms with Gasteiger partial charge in [0.1, 0.15) is 6.29 Å². The zero-order valence-electron chi connectivity index (χ0n) is 7.91. The molecule has 0 spiro atoms. The smallest absolute Gasteiger partial charge is 0.112 e. The van der Waals surface area contributed by atoms with Crippen LogP contribution in [0, 0.1) is 18.3 Å². The predicted molar refractivity (Wildman–Crippen MR) is 51.9 cm³/mol. The number of ether oxygens (including phenoxy) is 1. The average Bonchev–Trinajstić information content (AvgIpc) is 2.21. The molecule has 1 aromatic rings. The van der Waals surface area contributed by atoms with Crippen LogP contribution in [0.5, 0.6) is 5.75 Å². The van der Waals surface area contributed by atoms with E-state index < -0.39 is 0 Å². The maximum atomic E-state index is 10.3. The molecule has 1 rings (SSSR count). The van der Waals surface area contributed by atoms with Gasteiger partial charge in [-0.2, -0.15) is 12.2 Å². The standard InChI is InChI=1S/C11H10NO2/c1-8-9(5-6-13)3-4-10(7-12)11(8)14-2/h3-4,6H,1,5H2,2H3/q-1. The Morgan fingerprint density at radius 3 is 2.86 bits per heavy atom. The highest BCUT2D eigenvalue weighted by molar-refractivity contribution is 5.61. The molecule has 3 heteroatoms. The Morgan fingerprint density at radius 2 is 2.36 bits per heavy atom. The summed E-state index contributed by atoms with van der Waals surface area (Å²) in [6.07, 6.45) is 1.09. The van der Waals surface area contributed by atoms with Gasteiger partial charge >= 0.3 is 0 Å². The number of hydrogen-bond acceptors (Lipinski definition) is 3. The summed E-state index contributed by atoms with van der Waals surface area (Å²) in [6.45, 7) is 3.78. The monoisotopic (exact) mass is 188 g/mol. The third kappa shape index (κ3) is 1.69. The van der Waals surface area contributed by atoms with Crippen LogP contribution >= 0.6 is 0 Å². The van der Waals surface area contributed by atoms with E-state index in [0.717, 1.165) is 11.8 Å². The van der Waals surface area contributed by atoms with E-state index in [2.05, 4.69) is 6.92 Å². The van der Waals surface area contributed by atoms with Gasteiger partial charge in [-0.1, -0.05) is 6.07 Å². The normalized spacial score (nSPS) is 9.14. The van der Waals surface area contributed by atoms with Gasteiger partial charge in [-0.25, -0.2) is 0 Å². The molecule has 0 heterocycles. The van der Waals surface area contributed by atoms with E-state index in [1.165, 1.54) is 7.11 Å². The topological polar surface area (TPSA) is 50.1 Å². The Hall–Kier alpha value is -1.95. The molecule has 0 aliphatic rings. The number of carbonyl (C=O) groups excluding carboxylic acids is 1. The van der Waals surface area contributed by atoms with E-state index in [1.54, 1.807) is 12.1 Å². The van der Waals surface area contributed by atoms with Crippen molar-refractivity contribution < 1.29 is 9.53 Å². The molecule has 0 saturated carbocycles. The summed E-state index contributed by atoms with van der Waals surface area (Å²) in [4.78, 5) is 10.3. The second kappa shape index (κ2) is 4.33. The summed E-state index contributed by atoms with van der Waals surface area (Å²) in [7, 11) is 1.48. The summed E-state index contributed by atoms with van der Waals surface area (Å²) in [5, 5.41) is 8.77. The van der Waals surface area contributed by atoms with Crippen LogP contribution in [0.15, 0.2) is 12.1 Å². The van der Waals surface area contributed by atoms with Crippen LogP contribution in [0.1, 0.15) is 16.7 Å². The van der Waals surface area contributed by atoms with Crippen LogP contribution in [0.2, 0.25) is 0 Å². The largest absolute Gasteiger partial charge is 0.552 e. The molecule has 0 radical (unpaired) electrons. The number of nitriles is 1. The number of carbonyl (C=O) groups is 1. The molecule has 0 aliphatic carbocycles. The van der Waals surface area contributed by atoms with Crippen molar-refractivity contribution >= 4 is 6.29 Å². The van der Waals surface area contributed by atoms with Gasteiger partial charge in [0.2, 0.25) is 0 Å². The fourth-order valence-corrected chi connectivity index (χ4v) is 1.27. The van der Waals surface area contributed by atoms with Crippen molar-refractivity contribution in [3.63, 3.8) is 0 Å². The van der Waals surface area contributed by atoms with Crippen LogP contribution in [0.25, 0.3) is 0 Å². The number of aldehydes is 1. The third-order valence-corrected chi connectivity index (χ3v) is 1.99. The molecule has 72 valence electrons. The van der Waals surface area contributed by atoms with Gasteiger partial charge in [0.15, 0.2) is 0 Å². The van der Waals surface area contributed by atoms with Crippen LogP contribution in [-0.2, 0) is 11.2 Å². The minimum absolute atomic E-state index is 0.293. The first-order chi connectivity index (χ1) is 6.74. The predicted octanol–water partition coefficient (Wildman–Crippen LogP) is 1.49. The van der Waals surface area contributed by atoms with Crippen molar-refractivity contribution in [3.05, 3.63) is 35.7 Å². The highest BCUT2D eigenvalue weighted by Crippen LogP contribution is 2.25. The summed E-state index contributed by atoms with van der Waals surface area (Å²) in [6, 6.07) is 5.35. The van der Waals surface area contributed by atoms with Crippen molar-refractivity contribution in [2.24, 2.45) is 0 Å². The van der Waals surface area contributed by atoms with Crippen molar-refractivity contribution in [2.45, 2.75) is 6.42 Å². The molecule has 0 aromatic heterocycles. The Balaban J connectivity index is 3.28. The number of rotatable bonds is 3. The van der Waals surface area contributed by atoms with Crippen LogP contribution < -0.4 is 4.74 Å². The SMILES string of the molecule is [CH2-]c1c(CC=O)ccc(C#N)c1OC. The Bertz CT molecular complexity index is 391. The van der Waals surface area contributed by atoms with Crippen molar-refractivity contribution in [3.8, 4) is 11.8 Å². The molecule has 1 aromatic carbocycles. The quantitative estimate of drug-likeness (QED) is 0.533. The first kappa shape index (κ1) is 10.1. The fraction of sp³-hybridized carbons (Fsp3) is 0.182. The Kier molecular flexibility index (Phi) is 3.14. The van der Waals surface area contributed by atoms with E-state index in [4.69, 9.17) is 10.00 Å². The molecule has 14 heavy (non-hydrogen) atoms. The van der Waals surface area contributed by atoms with Gasteiger partial charge in [0, 0.05) is 11.3 Å². The Morgan fingerprint density at radius 1 is 1.64 bits per heavy atom. The highest BCUT2D eigenvalue weighted by Gasteiger charge is 2.00. The lowest BCUT2D eigenvalue weighted by Crippen LogP contribution is -1.97. The van der Waals surface area contributed by atoms with Crippen molar-refractivity contribution in [2.75, 3.05) is 7.11 Å². The molecule has 0 atom stereocenters. The van der Waals surface area contributed by atoms with Crippen molar-refractivity contribution in [1.29, 1.82) is 5.26 Å². The van der Waals surface area contributed by atoms with Gasteiger partial charge < -0.3 is 9.53 Å². The van der Waals surface area contributed by atoms with Crippen LogP contribution in [-0.4, -0.2) is 13.4 Å². The minimum Gasteiger partial charge on any atom is -0.552 e. The summed E-state index contributed by atoms with van der Waals surface area (Å²) in [5.41, 5.74) is 1.83. The molecule has 0 unspecified atom stereocenters. The van der Waals surface area contributed by atoms with E-state index in [0.29, 0.717) is 23.3 Å². The van der Waals surface area contributed by atoms with E-state index in [-0.39, 0.29) is 0 Å². The lowest BCUT2D eigenvalue weighted by atomic mass is 10.0. The second-order valence-corrected chi connectivity index (χ2v) is 2.77. The maximum Gasteiger partial charge on any atom is 0.112 e. The summed E-state index contributed by atoms with van der Waals surface area (Å²) >= 11 is 0. The van der Waals surface area contributed by atoms with Gasteiger partial charge in [-0.15, -0.1) is 17.2 Å². The zero-order chi connectivity index (χ0) is 10.6. The number of hydrogen-bond donors (Lipinski definition) is 0. The van der Waals surface area contributed by atoms with Gasteiger partial charge in [-0.05, 0) is 6.42 Å². The molecule has 0 saturated heterocycles. The average molecular weight is 188 g/mol. The zero-order valence-corrected chi connectivity index (χ0v) is 7.91. The first-order valence-corrected chi connectivity index (χ1v) is 4.10. The molecule has 0 bridgehead atoms.